The molecule has 0 aliphatic carbocycles. The van der Waals surface area contributed by atoms with Crippen molar-refractivity contribution in [2.24, 2.45) is 0 Å². The van der Waals surface area contributed by atoms with Crippen LogP contribution in [-0.4, -0.2) is 31.8 Å². The molecule has 6 heteroatoms. The summed E-state index contributed by atoms with van der Waals surface area (Å²) in [7, 11) is -3.40. The first-order valence-corrected chi connectivity index (χ1v) is 5.98. The molecule has 1 fully saturated rings. The van der Waals surface area contributed by atoms with Crippen LogP contribution in [0.2, 0.25) is 0 Å². The summed E-state index contributed by atoms with van der Waals surface area (Å²) in [6, 6.07) is 0. The molecule has 0 bridgehead atoms. The topological polar surface area (TPSA) is 46.6 Å². The Morgan fingerprint density at radius 1 is 1.54 bits per heavy atom. The van der Waals surface area contributed by atoms with Gasteiger partial charge in [-0.2, -0.15) is 0 Å². The Hall–Kier alpha value is -0.100. The van der Waals surface area contributed by atoms with Gasteiger partial charge in [0.15, 0.2) is 0 Å². The van der Waals surface area contributed by atoms with Crippen LogP contribution < -0.4 is 0 Å². The largest absolute Gasteiger partial charge is 0.284 e. The van der Waals surface area contributed by atoms with Crippen LogP contribution in [0.25, 0.3) is 0 Å². The first-order valence-electron chi connectivity index (χ1n) is 3.99. The standard InChI is InChI=1S/C7H12ClNO3S/c1-7(8)6-13(10,11)9-4-2-3-5-12-9/h1-6H2. The number of rotatable bonds is 3. The molecule has 0 atom stereocenters. The molecule has 0 aromatic carbocycles. The molecular formula is C7H12ClNO3S. The van der Waals surface area contributed by atoms with E-state index in [1.807, 2.05) is 0 Å². The van der Waals surface area contributed by atoms with E-state index in [1.165, 1.54) is 0 Å². The lowest BCUT2D eigenvalue weighted by Gasteiger charge is -2.24. The van der Waals surface area contributed by atoms with Gasteiger partial charge in [0.1, 0.15) is 5.75 Å². The highest BCUT2D eigenvalue weighted by atomic mass is 35.5. The van der Waals surface area contributed by atoms with Gasteiger partial charge < -0.3 is 0 Å². The van der Waals surface area contributed by atoms with Crippen molar-refractivity contribution in [2.45, 2.75) is 12.8 Å². The molecule has 0 saturated carbocycles. The van der Waals surface area contributed by atoms with Crippen LogP contribution in [0.5, 0.6) is 0 Å². The van der Waals surface area contributed by atoms with Crippen molar-refractivity contribution in [1.82, 2.24) is 4.47 Å². The minimum absolute atomic E-state index is 0.106. The summed E-state index contributed by atoms with van der Waals surface area (Å²) in [6.45, 7) is 4.20. The third kappa shape index (κ3) is 3.27. The molecule has 4 nitrogen and oxygen atoms in total. The van der Waals surface area contributed by atoms with Gasteiger partial charge in [0, 0.05) is 11.6 Å². The molecule has 0 N–H and O–H groups in total. The third-order valence-electron chi connectivity index (χ3n) is 1.62. The first kappa shape index (κ1) is 11.0. The summed E-state index contributed by atoms with van der Waals surface area (Å²) in [5, 5.41) is 0.106. The molecule has 1 saturated heterocycles. The van der Waals surface area contributed by atoms with E-state index in [0.717, 1.165) is 17.3 Å². The maximum Gasteiger partial charge on any atom is 0.241 e. The van der Waals surface area contributed by atoms with Gasteiger partial charge in [-0.25, -0.2) is 8.42 Å². The van der Waals surface area contributed by atoms with Gasteiger partial charge in [0.25, 0.3) is 0 Å². The molecule has 76 valence electrons. The van der Waals surface area contributed by atoms with Crippen molar-refractivity contribution in [1.29, 1.82) is 0 Å². The molecule has 0 spiro atoms. The fraction of sp³-hybridized carbons (Fsp3) is 0.714. The average molecular weight is 226 g/mol. The Kier molecular flexibility index (Phi) is 3.73. The third-order valence-corrected chi connectivity index (χ3v) is 3.53. The van der Waals surface area contributed by atoms with Crippen LogP contribution in [-0.2, 0) is 14.9 Å². The first-order chi connectivity index (χ1) is 6.02. The number of nitrogens with zero attached hydrogens (tertiary/aromatic N) is 1. The van der Waals surface area contributed by atoms with E-state index in [-0.39, 0.29) is 10.8 Å². The molecule has 0 radical (unpaired) electrons. The summed E-state index contributed by atoms with van der Waals surface area (Å²) in [5.41, 5.74) is 0. The second-order valence-electron chi connectivity index (χ2n) is 2.84. The van der Waals surface area contributed by atoms with Crippen LogP contribution in [0.15, 0.2) is 11.6 Å². The van der Waals surface area contributed by atoms with Crippen molar-refractivity contribution in [3.05, 3.63) is 11.6 Å². The molecular weight excluding hydrogens is 214 g/mol. The van der Waals surface area contributed by atoms with E-state index in [4.69, 9.17) is 16.4 Å². The number of hydrogen-bond acceptors (Lipinski definition) is 3. The quantitative estimate of drug-likeness (QED) is 0.723. The SMILES string of the molecule is C=C(Cl)CS(=O)(=O)N1CCCCO1. The predicted molar refractivity (Wildman–Crippen MR) is 50.7 cm³/mol. The van der Waals surface area contributed by atoms with E-state index in [2.05, 4.69) is 6.58 Å². The summed E-state index contributed by atoms with van der Waals surface area (Å²) >= 11 is 5.43. The van der Waals surface area contributed by atoms with Gasteiger partial charge in [-0.1, -0.05) is 22.6 Å². The van der Waals surface area contributed by atoms with Gasteiger partial charge in [0.05, 0.1) is 6.61 Å². The molecule has 1 rings (SSSR count). The zero-order chi connectivity index (χ0) is 9.90. The van der Waals surface area contributed by atoms with Gasteiger partial charge in [-0.3, -0.25) is 4.84 Å². The van der Waals surface area contributed by atoms with Crippen molar-refractivity contribution < 1.29 is 13.3 Å². The summed E-state index contributed by atoms with van der Waals surface area (Å²) < 4.78 is 23.9. The highest BCUT2D eigenvalue weighted by molar-refractivity contribution is 7.89. The van der Waals surface area contributed by atoms with Crippen LogP contribution in [0.1, 0.15) is 12.8 Å². The lowest BCUT2D eigenvalue weighted by Crippen LogP contribution is -2.37. The molecule has 0 aromatic heterocycles. The van der Waals surface area contributed by atoms with E-state index >= 15 is 0 Å². The average Bonchev–Trinajstić information content (AvgIpc) is 2.04. The van der Waals surface area contributed by atoms with Gasteiger partial charge in [-0.05, 0) is 12.8 Å². The Morgan fingerprint density at radius 2 is 2.23 bits per heavy atom. The summed E-state index contributed by atoms with van der Waals surface area (Å²) in [5.74, 6) is -0.255. The van der Waals surface area contributed by atoms with Gasteiger partial charge in [0.2, 0.25) is 10.0 Å². The lowest BCUT2D eigenvalue weighted by atomic mass is 10.3. The lowest BCUT2D eigenvalue weighted by molar-refractivity contribution is -0.108. The van der Waals surface area contributed by atoms with E-state index in [0.29, 0.717) is 13.2 Å². The predicted octanol–water partition coefficient (Wildman–Crippen LogP) is 1.10. The fourth-order valence-electron chi connectivity index (χ4n) is 1.06. The fourth-order valence-corrected chi connectivity index (χ4v) is 2.66. The van der Waals surface area contributed by atoms with Crippen LogP contribution in [0.3, 0.4) is 0 Å². The molecule has 0 unspecified atom stereocenters. The van der Waals surface area contributed by atoms with E-state index in [1.54, 1.807) is 0 Å². The monoisotopic (exact) mass is 225 g/mol. The Morgan fingerprint density at radius 3 is 2.69 bits per heavy atom. The van der Waals surface area contributed by atoms with Crippen molar-refractivity contribution in [2.75, 3.05) is 18.9 Å². The number of hydrogen-bond donors (Lipinski definition) is 0. The molecule has 1 aliphatic rings. The number of sulfonamides is 1. The Labute approximate surface area is 83.1 Å². The Bertz CT molecular complexity index is 282. The molecule has 13 heavy (non-hydrogen) atoms. The van der Waals surface area contributed by atoms with Crippen LogP contribution in [0, 0.1) is 0 Å². The maximum absolute atomic E-state index is 11.5. The normalized spacial score (nSPS) is 20.1. The van der Waals surface area contributed by atoms with Crippen molar-refractivity contribution >= 4 is 21.6 Å². The van der Waals surface area contributed by atoms with Gasteiger partial charge >= 0.3 is 0 Å². The van der Waals surface area contributed by atoms with Crippen LogP contribution in [0.4, 0.5) is 0 Å². The van der Waals surface area contributed by atoms with E-state index in [9.17, 15) is 8.42 Å². The van der Waals surface area contributed by atoms with Crippen molar-refractivity contribution in [3.8, 4) is 0 Å². The minimum atomic E-state index is -3.40. The highest BCUT2D eigenvalue weighted by Gasteiger charge is 2.25. The van der Waals surface area contributed by atoms with Crippen LogP contribution >= 0.6 is 11.6 Å². The molecule has 1 aliphatic heterocycles. The van der Waals surface area contributed by atoms with Crippen molar-refractivity contribution in [3.63, 3.8) is 0 Å². The zero-order valence-electron chi connectivity index (χ0n) is 7.20. The number of hydroxylamine groups is 1. The molecule has 1 heterocycles. The Balaban J connectivity index is 2.62. The maximum atomic E-state index is 11.5. The smallest absolute Gasteiger partial charge is 0.241 e. The summed E-state index contributed by atoms with van der Waals surface area (Å²) in [6.07, 6.45) is 1.72. The zero-order valence-corrected chi connectivity index (χ0v) is 8.77. The highest BCUT2D eigenvalue weighted by Crippen LogP contribution is 2.14. The molecule has 0 amide bonds. The van der Waals surface area contributed by atoms with E-state index < -0.39 is 10.0 Å². The summed E-state index contributed by atoms with van der Waals surface area (Å²) in [4.78, 5) is 4.99. The number of halogens is 1. The molecule has 0 aromatic rings. The second kappa shape index (κ2) is 4.41. The second-order valence-corrected chi connectivity index (χ2v) is 5.23. The minimum Gasteiger partial charge on any atom is -0.284 e. The van der Waals surface area contributed by atoms with Gasteiger partial charge in [-0.15, -0.1) is 0 Å².